The number of carbonyl (C=O) groups excluding carboxylic acids is 2. The minimum Gasteiger partial charge on any atom is -0.481 e. The molecule has 15 heteroatoms. The van der Waals surface area contributed by atoms with Crippen molar-refractivity contribution < 1.29 is 29.4 Å². The monoisotopic (exact) mass is 551 g/mol. The highest BCUT2D eigenvalue weighted by Gasteiger charge is 2.25. The summed E-state index contributed by atoms with van der Waals surface area (Å²) in [6, 6.07) is 3.87. The summed E-state index contributed by atoms with van der Waals surface area (Å²) in [5.41, 5.74) is 15.0. The van der Waals surface area contributed by atoms with E-state index in [1.807, 2.05) is 0 Å². The van der Waals surface area contributed by atoms with Crippen LogP contribution in [0.25, 0.3) is 11.2 Å². The van der Waals surface area contributed by atoms with Crippen LogP contribution in [-0.2, 0) is 27.3 Å². The molecule has 3 aromatic rings. The topological polar surface area (TPSA) is 240 Å². The Morgan fingerprint density at radius 1 is 1.07 bits per heavy atom. The van der Waals surface area contributed by atoms with Crippen molar-refractivity contribution in [1.82, 2.24) is 30.6 Å². The van der Waals surface area contributed by atoms with Gasteiger partial charge in [0, 0.05) is 37.2 Å². The summed E-state index contributed by atoms with van der Waals surface area (Å²) in [5, 5.41) is 23.2. The molecule has 4 rings (SSSR count). The van der Waals surface area contributed by atoms with E-state index >= 15 is 0 Å². The van der Waals surface area contributed by atoms with E-state index in [1.54, 1.807) is 24.4 Å². The number of aromatic nitrogens is 4. The molecule has 0 saturated carbocycles. The van der Waals surface area contributed by atoms with Crippen LogP contribution >= 0.6 is 0 Å². The van der Waals surface area contributed by atoms with Gasteiger partial charge in [-0.25, -0.2) is 14.8 Å². The molecule has 8 N–H and O–H groups in total. The van der Waals surface area contributed by atoms with Gasteiger partial charge in [0.2, 0.25) is 11.9 Å². The van der Waals surface area contributed by atoms with E-state index in [-0.39, 0.29) is 44.0 Å². The molecule has 0 spiro atoms. The number of nitrogen functional groups attached to an aromatic ring is 2. The number of hydrogen-bond donors (Lipinski definition) is 6. The molecule has 15 nitrogen and oxygen atoms in total. The lowest BCUT2D eigenvalue weighted by Gasteiger charge is -2.19. The Bertz CT molecular complexity index is 1460. The lowest BCUT2D eigenvalue weighted by molar-refractivity contribution is -0.140. The second-order valence-electron chi connectivity index (χ2n) is 9.27. The first-order valence-electron chi connectivity index (χ1n) is 12.6. The fraction of sp³-hybridized carbons (Fsp3) is 0.360. The Kier molecular flexibility index (Phi) is 8.51. The summed E-state index contributed by atoms with van der Waals surface area (Å²) >= 11 is 0. The Morgan fingerprint density at radius 2 is 1.88 bits per heavy atom. The molecular formula is C25H29N9O6. The summed E-state index contributed by atoms with van der Waals surface area (Å²) in [6.07, 6.45) is 2.21. The van der Waals surface area contributed by atoms with E-state index in [0.717, 1.165) is 11.3 Å². The largest absolute Gasteiger partial charge is 0.481 e. The van der Waals surface area contributed by atoms with Gasteiger partial charge in [-0.1, -0.05) is 0 Å². The zero-order valence-electron chi connectivity index (χ0n) is 21.5. The van der Waals surface area contributed by atoms with E-state index in [1.165, 1.54) is 0 Å². The van der Waals surface area contributed by atoms with E-state index in [9.17, 15) is 24.3 Å². The quantitative estimate of drug-likeness (QED) is 0.164. The van der Waals surface area contributed by atoms with Crippen LogP contribution in [0.3, 0.4) is 0 Å². The molecule has 2 amide bonds. The summed E-state index contributed by atoms with van der Waals surface area (Å²) in [6.45, 7) is 1.28. The lowest BCUT2D eigenvalue weighted by Crippen LogP contribution is -2.41. The van der Waals surface area contributed by atoms with Crippen LogP contribution in [0.1, 0.15) is 47.3 Å². The van der Waals surface area contributed by atoms with Crippen LogP contribution in [0, 0.1) is 0 Å². The maximum Gasteiger partial charge on any atom is 0.326 e. The number of nitrogens with two attached hydrogens (primary N) is 2. The number of carboxylic acids is 2. The summed E-state index contributed by atoms with van der Waals surface area (Å²) in [4.78, 5) is 65.9. The molecule has 0 bridgehead atoms. The van der Waals surface area contributed by atoms with Gasteiger partial charge in [-0.2, -0.15) is 9.97 Å². The first-order chi connectivity index (χ1) is 19.1. The number of carboxylic acid groups (broad SMARTS) is 2. The molecule has 40 heavy (non-hydrogen) atoms. The van der Waals surface area contributed by atoms with Gasteiger partial charge in [0.25, 0.3) is 5.91 Å². The normalized spacial score (nSPS) is 13.1. The molecule has 0 saturated heterocycles. The van der Waals surface area contributed by atoms with Crippen LogP contribution in [0.2, 0.25) is 0 Å². The number of nitrogens with zero attached hydrogens (tertiary/aromatic N) is 5. The maximum atomic E-state index is 12.8. The predicted molar refractivity (Wildman–Crippen MR) is 143 cm³/mol. The third-order valence-electron chi connectivity index (χ3n) is 6.34. The van der Waals surface area contributed by atoms with Gasteiger partial charge >= 0.3 is 11.9 Å². The minimum atomic E-state index is -1.26. The number of hydrogen-bond acceptors (Lipinski definition) is 11. The average Bonchev–Trinajstić information content (AvgIpc) is 3.30. The van der Waals surface area contributed by atoms with Gasteiger partial charge in [-0.3, -0.25) is 14.4 Å². The van der Waals surface area contributed by atoms with Gasteiger partial charge in [0.1, 0.15) is 6.04 Å². The molecular weight excluding hydrogens is 522 g/mol. The highest BCUT2D eigenvalue weighted by molar-refractivity contribution is 5.97. The van der Waals surface area contributed by atoms with Gasteiger partial charge in [0.05, 0.1) is 18.4 Å². The number of fused-ring (bicyclic) bond motifs is 2. The molecule has 0 unspecified atom stereocenters. The fourth-order valence-electron chi connectivity index (χ4n) is 4.36. The number of aliphatic carboxylic acids is 2. The zero-order chi connectivity index (χ0) is 28.8. The molecule has 1 atom stereocenters. The van der Waals surface area contributed by atoms with Crippen LogP contribution in [0.5, 0.6) is 0 Å². The molecule has 0 aliphatic carbocycles. The third kappa shape index (κ3) is 6.86. The predicted octanol–water partition coefficient (Wildman–Crippen LogP) is 0.0911. The van der Waals surface area contributed by atoms with Gasteiger partial charge in [0.15, 0.2) is 17.0 Å². The molecule has 0 fully saturated rings. The zero-order valence-corrected chi connectivity index (χ0v) is 21.5. The third-order valence-corrected chi connectivity index (χ3v) is 6.34. The van der Waals surface area contributed by atoms with Gasteiger partial charge in [-0.15, -0.1) is 0 Å². The first-order valence-corrected chi connectivity index (χ1v) is 12.6. The summed E-state index contributed by atoms with van der Waals surface area (Å²) in [5.74, 6) is -3.04. The fourth-order valence-corrected chi connectivity index (χ4v) is 4.36. The number of benzene rings is 1. The van der Waals surface area contributed by atoms with Crippen molar-refractivity contribution >= 4 is 52.4 Å². The number of rotatable bonds is 12. The van der Waals surface area contributed by atoms with Gasteiger partial charge in [-0.05, 0) is 43.0 Å². The molecule has 0 radical (unpaired) electrons. The first kappa shape index (κ1) is 27.9. The van der Waals surface area contributed by atoms with Crippen molar-refractivity contribution in [2.24, 2.45) is 0 Å². The molecule has 210 valence electrons. The Labute approximate surface area is 228 Å². The second kappa shape index (κ2) is 12.2. The lowest BCUT2D eigenvalue weighted by atomic mass is 10.1. The second-order valence-corrected chi connectivity index (χ2v) is 9.27. The average molecular weight is 552 g/mol. The number of carbonyl (C=O) groups is 4. The van der Waals surface area contributed by atoms with Crippen LogP contribution in [-0.4, -0.2) is 73.0 Å². The highest BCUT2D eigenvalue weighted by Crippen LogP contribution is 2.30. The molecule has 3 heterocycles. The molecule has 1 aliphatic rings. The number of amides is 2. The number of nitrogens with one attached hydrogen (secondary N) is 2. The van der Waals surface area contributed by atoms with Crippen molar-refractivity contribution in [3.63, 3.8) is 0 Å². The molecule has 1 aliphatic heterocycles. The Hall–Kier alpha value is -5.08. The van der Waals surface area contributed by atoms with Gasteiger partial charge < -0.3 is 37.2 Å². The van der Waals surface area contributed by atoms with E-state index in [4.69, 9.17) is 16.6 Å². The van der Waals surface area contributed by atoms with E-state index in [2.05, 4.69) is 35.5 Å². The van der Waals surface area contributed by atoms with Crippen LogP contribution in [0.15, 0.2) is 24.4 Å². The maximum absolute atomic E-state index is 12.8. The highest BCUT2D eigenvalue weighted by atomic mass is 16.4. The van der Waals surface area contributed by atoms with Crippen LogP contribution in [0.4, 0.5) is 17.5 Å². The minimum absolute atomic E-state index is 0.0190. The summed E-state index contributed by atoms with van der Waals surface area (Å²) < 4.78 is 0. The van der Waals surface area contributed by atoms with Crippen molar-refractivity contribution in [3.05, 3.63) is 41.2 Å². The van der Waals surface area contributed by atoms with Crippen molar-refractivity contribution in [2.75, 3.05) is 29.5 Å². The van der Waals surface area contributed by atoms with Crippen molar-refractivity contribution in [3.8, 4) is 0 Å². The van der Waals surface area contributed by atoms with Crippen molar-refractivity contribution in [1.29, 1.82) is 0 Å². The number of anilines is 3. The van der Waals surface area contributed by atoms with Crippen molar-refractivity contribution in [2.45, 2.75) is 44.7 Å². The Morgan fingerprint density at radius 3 is 2.62 bits per heavy atom. The van der Waals surface area contributed by atoms with Crippen LogP contribution < -0.4 is 27.0 Å². The SMILES string of the molecule is Nc1nc(N)c2nc(CN3CCc4cc(C(=O)N[C@@H](CCC(=O)NCCCC(=O)O)C(=O)O)ccc43)cnc2n1. The van der Waals surface area contributed by atoms with E-state index < -0.39 is 29.8 Å². The molecule has 2 aromatic heterocycles. The molecule has 1 aromatic carbocycles. The standard InChI is InChI=1S/C25H29N9O6/c26-21-20-22(33-25(27)32-21)29-11-15(30-20)12-34-9-7-13-10-14(3-5-17(13)34)23(38)31-16(24(39)40)4-6-18(35)28-8-1-2-19(36)37/h3,5,10-11,16H,1-2,4,6-9,12H2,(H,28,35)(H,31,38)(H,36,37)(H,39,40)(H4,26,27,29,32,33)/t16-/m0/s1. The summed E-state index contributed by atoms with van der Waals surface area (Å²) in [7, 11) is 0. The Balaban J connectivity index is 1.35. The smallest absolute Gasteiger partial charge is 0.326 e. The van der Waals surface area contributed by atoms with E-state index in [0.29, 0.717) is 41.9 Å².